The van der Waals surface area contributed by atoms with Crippen LogP contribution in [0.5, 0.6) is 5.75 Å². The Labute approximate surface area is 130 Å². The zero-order valence-corrected chi connectivity index (χ0v) is 13.8. The molecule has 0 unspecified atom stereocenters. The summed E-state index contributed by atoms with van der Waals surface area (Å²) in [5.41, 5.74) is 0. The molecule has 0 saturated carbocycles. The van der Waals surface area contributed by atoms with Crippen molar-refractivity contribution < 1.29 is 4.74 Å². The fourth-order valence-corrected chi connectivity index (χ4v) is 2.88. The number of rotatable bonds is 6. The van der Waals surface area contributed by atoms with Crippen molar-refractivity contribution in [3.63, 3.8) is 0 Å². The molecular formula is C15H23IN2O. The minimum atomic E-state index is 0.814. The van der Waals surface area contributed by atoms with Gasteiger partial charge >= 0.3 is 0 Å². The summed E-state index contributed by atoms with van der Waals surface area (Å²) < 4.78 is 7.01. The molecule has 0 radical (unpaired) electrons. The van der Waals surface area contributed by atoms with E-state index in [-0.39, 0.29) is 0 Å². The number of likely N-dealkylation sites (N-methyl/N-ethyl adjacent to an activating group) is 1. The molecule has 106 valence electrons. The van der Waals surface area contributed by atoms with Gasteiger partial charge in [0.25, 0.3) is 0 Å². The summed E-state index contributed by atoms with van der Waals surface area (Å²) in [4.78, 5) is 5.06. The normalized spacial score (nSPS) is 17.6. The Morgan fingerprint density at radius 3 is 2.58 bits per heavy atom. The molecule has 0 aromatic heterocycles. The Balaban J connectivity index is 1.60. The lowest BCUT2D eigenvalue weighted by atomic mass is 10.3. The molecule has 1 saturated heterocycles. The van der Waals surface area contributed by atoms with Crippen LogP contribution in [0.2, 0.25) is 0 Å². The highest BCUT2D eigenvalue weighted by atomic mass is 127. The number of halogens is 1. The molecule has 1 heterocycles. The molecule has 3 nitrogen and oxygen atoms in total. The van der Waals surface area contributed by atoms with Crippen LogP contribution in [0.15, 0.2) is 24.3 Å². The lowest BCUT2D eigenvalue weighted by molar-refractivity contribution is 0.130. The molecule has 0 atom stereocenters. The smallest absolute Gasteiger partial charge is 0.120 e. The van der Waals surface area contributed by atoms with Crippen molar-refractivity contribution in [2.75, 3.05) is 45.9 Å². The second-order valence-corrected chi connectivity index (χ2v) is 6.18. The van der Waals surface area contributed by atoms with Gasteiger partial charge in [-0.05, 0) is 53.8 Å². The minimum absolute atomic E-state index is 0.814. The van der Waals surface area contributed by atoms with Crippen molar-refractivity contribution in [3.05, 3.63) is 27.8 Å². The minimum Gasteiger partial charge on any atom is -0.494 e. The second kappa shape index (κ2) is 8.07. The molecule has 0 spiro atoms. The standard InChI is InChI=1S/C15H23IN2O/c1-2-17-8-10-18(11-9-17)7-4-12-19-15-6-3-5-14(16)13-15/h3,5-6,13H,2,4,7-12H2,1H3. The first-order valence-corrected chi connectivity index (χ1v) is 8.19. The van der Waals surface area contributed by atoms with Crippen molar-refractivity contribution in [2.45, 2.75) is 13.3 Å². The van der Waals surface area contributed by atoms with Crippen LogP contribution in [-0.4, -0.2) is 55.7 Å². The van der Waals surface area contributed by atoms with E-state index in [1.165, 1.54) is 36.3 Å². The van der Waals surface area contributed by atoms with E-state index in [1.807, 2.05) is 12.1 Å². The first kappa shape index (κ1) is 15.1. The van der Waals surface area contributed by atoms with E-state index >= 15 is 0 Å². The van der Waals surface area contributed by atoms with Gasteiger partial charge in [0.05, 0.1) is 6.61 Å². The number of piperazine rings is 1. The fourth-order valence-electron chi connectivity index (χ4n) is 2.36. The van der Waals surface area contributed by atoms with Crippen LogP contribution in [0.1, 0.15) is 13.3 Å². The van der Waals surface area contributed by atoms with Gasteiger partial charge in [-0.3, -0.25) is 0 Å². The monoisotopic (exact) mass is 374 g/mol. The first-order chi connectivity index (χ1) is 9.28. The van der Waals surface area contributed by atoms with E-state index in [9.17, 15) is 0 Å². The molecule has 0 aliphatic carbocycles. The maximum absolute atomic E-state index is 5.78. The Kier molecular flexibility index (Phi) is 6.40. The fraction of sp³-hybridized carbons (Fsp3) is 0.600. The number of nitrogens with zero attached hydrogens (tertiary/aromatic N) is 2. The lowest BCUT2D eigenvalue weighted by Crippen LogP contribution is -2.46. The summed E-state index contributed by atoms with van der Waals surface area (Å²) in [7, 11) is 0. The molecule has 0 amide bonds. The molecule has 1 aromatic carbocycles. The summed E-state index contributed by atoms with van der Waals surface area (Å²) >= 11 is 2.31. The van der Waals surface area contributed by atoms with Crippen molar-refractivity contribution in [3.8, 4) is 5.75 Å². The number of hydrogen-bond donors (Lipinski definition) is 0. The second-order valence-electron chi connectivity index (χ2n) is 4.94. The number of benzene rings is 1. The molecular weight excluding hydrogens is 351 g/mol. The van der Waals surface area contributed by atoms with E-state index < -0.39 is 0 Å². The summed E-state index contributed by atoms with van der Waals surface area (Å²) in [5.74, 6) is 0.989. The van der Waals surface area contributed by atoms with Gasteiger partial charge in [0, 0.05) is 36.3 Å². The highest BCUT2D eigenvalue weighted by Crippen LogP contribution is 2.14. The molecule has 0 N–H and O–H groups in total. The van der Waals surface area contributed by atoms with Gasteiger partial charge in [0.1, 0.15) is 5.75 Å². The van der Waals surface area contributed by atoms with Crippen LogP contribution in [0.3, 0.4) is 0 Å². The predicted octanol–water partition coefficient (Wildman–Crippen LogP) is 2.70. The van der Waals surface area contributed by atoms with Crippen molar-refractivity contribution >= 4 is 22.6 Å². The van der Waals surface area contributed by atoms with E-state index in [0.717, 1.165) is 25.3 Å². The van der Waals surface area contributed by atoms with E-state index in [2.05, 4.69) is 51.4 Å². The van der Waals surface area contributed by atoms with E-state index in [0.29, 0.717) is 0 Å². The van der Waals surface area contributed by atoms with Gasteiger partial charge < -0.3 is 14.5 Å². The Bertz CT molecular complexity index is 378. The maximum Gasteiger partial charge on any atom is 0.120 e. The Morgan fingerprint density at radius 1 is 1.16 bits per heavy atom. The lowest BCUT2D eigenvalue weighted by Gasteiger charge is -2.33. The average Bonchev–Trinajstić information content (AvgIpc) is 2.44. The van der Waals surface area contributed by atoms with Gasteiger partial charge in [0.2, 0.25) is 0 Å². The maximum atomic E-state index is 5.78. The van der Waals surface area contributed by atoms with Crippen LogP contribution in [0.4, 0.5) is 0 Å². The molecule has 1 aliphatic heterocycles. The predicted molar refractivity (Wildman–Crippen MR) is 87.8 cm³/mol. The summed E-state index contributed by atoms with van der Waals surface area (Å²) in [6.45, 7) is 10.2. The molecule has 2 rings (SSSR count). The Hall–Kier alpha value is -0.330. The average molecular weight is 374 g/mol. The van der Waals surface area contributed by atoms with Crippen molar-refractivity contribution in [1.29, 1.82) is 0 Å². The van der Waals surface area contributed by atoms with Gasteiger partial charge in [-0.2, -0.15) is 0 Å². The van der Waals surface area contributed by atoms with Gasteiger partial charge in [-0.1, -0.05) is 13.0 Å². The van der Waals surface area contributed by atoms with E-state index in [1.54, 1.807) is 0 Å². The first-order valence-electron chi connectivity index (χ1n) is 7.11. The molecule has 19 heavy (non-hydrogen) atoms. The van der Waals surface area contributed by atoms with Crippen LogP contribution < -0.4 is 4.74 Å². The van der Waals surface area contributed by atoms with Crippen LogP contribution >= 0.6 is 22.6 Å². The molecule has 4 heteroatoms. The molecule has 0 bridgehead atoms. The molecule has 1 aromatic rings. The van der Waals surface area contributed by atoms with Gasteiger partial charge in [0.15, 0.2) is 0 Å². The zero-order valence-electron chi connectivity index (χ0n) is 11.6. The number of ether oxygens (including phenoxy) is 1. The summed E-state index contributed by atoms with van der Waals surface area (Å²) in [5, 5.41) is 0. The summed E-state index contributed by atoms with van der Waals surface area (Å²) in [6.07, 6.45) is 1.11. The topological polar surface area (TPSA) is 15.7 Å². The van der Waals surface area contributed by atoms with Gasteiger partial charge in [-0.25, -0.2) is 0 Å². The SMILES string of the molecule is CCN1CCN(CCCOc2cccc(I)c2)CC1. The zero-order chi connectivity index (χ0) is 13.5. The van der Waals surface area contributed by atoms with Crippen molar-refractivity contribution in [2.24, 2.45) is 0 Å². The van der Waals surface area contributed by atoms with E-state index in [4.69, 9.17) is 4.74 Å². The molecule has 1 fully saturated rings. The highest BCUT2D eigenvalue weighted by Gasteiger charge is 2.14. The third-order valence-corrected chi connectivity index (χ3v) is 4.27. The molecule has 1 aliphatic rings. The number of hydrogen-bond acceptors (Lipinski definition) is 3. The third-order valence-electron chi connectivity index (χ3n) is 3.60. The van der Waals surface area contributed by atoms with Gasteiger partial charge in [-0.15, -0.1) is 0 Å². The quantitative estimate of drug-likeness (QED) is 0.563. The highest BCUT2D eigenvalue weighted by molar-refractivity contribution is 14.1. The van der Waals surface area contributed by atoms with Crippen LogP contribution in [0.25, 0.3) is 0 Å². The summed E-state index contributed by atoms with van der Waals surface area (Å²) in [6, 6.07) is 8.24. The van der Waals surface area contributed by atoms with Crippen LogP contribution in [-0.2, 0) is 0 Å². The Morgan fingerprint density at radius 2 is 1.89 bits per heavy atom. The largest absolute Gasteiger partial charge is 0.494 e. The third kappa shape index (κ3) is 5.28. The van der Waals surface area contributed by atoms with Crippen molar-refractivity contribution in [1.82, 2.24) is 9.80 Å². The van der Waals surface area contributed by atoms with Crippen LogP contribution in [0, 0.1) is 3.57 Å².